The number of carbonyl (C=O) groups excluding carboxylic acids is 1. The van der Waals surface area contributed by atoms with Gasteiger partial charge in [-0.25, -0.2) is 0 Å². The molecule has 7 nitrogen and oxygen atoms in total. The van der Waals surface area contributed by atoms with Gasteiger partial charge in [0.15, 0.2) is 0 Å². The van der Waals surface area contributed by atoms with E-state index in [0.29, 0.717) is 24.7 Å². The third-order valence-electron chi connectivity index (χ3n) is 4.27. The first-order valence-electron chi connectivity index (χ1n) is 8.53. The standard InChI is InChI=1S/C19H21N3O4/c1-26-18-5-3-2-4-13(18)10-11-20-19(23)14-6-9-16(21-15-7-8-15)17(12-14)22(24)25/h2-6,9,12,15,21H,7-8,10-11H2,1H3,(H,20,23). The summed E-state index contributed by atoms with van der Waals surface area (Å²) in [6, 6.07) is 12.4. The molecule has 0 radical (unpaired) electrons. The van der Waals surface area contributed by atoms with E-state index in [2.05, 4.69) is 10.6 Å². The maximum absolute atomic E-state index is 12.3. The number of nitro benzene ring substituents is 1. The lowest BCUT2D eigenvalue weighted by atomic mass is 10.1. The van der Waals surface area contributed by atoms with E-state index < -0.39 is 4.92 Å². The Morgan fingerprint density at radius 3 is 2.73 bits per heavy atom. The molecule has 2 N–H and O–H groups in total. The van der Waals surface area contributed by atoms with Crippen molar-refractivity contribution in [3.05, 3.63) is 63.7 Å². The van der Waals surface area contributed by atoms with E-state index in [-0.39, 0.29) is 17.2 Å². The van der Waals surface area contributed by atoms with Gasteiger partial charge in [-0.15, -0.1) is 0 Å². The number of nitrogens with one attached hydrogen (secondary N) is 2. The predicted octanol–water partition coefficient (Wildman–Crippen LogP) is 3.15. The fourth-order valence-corrected chi connectivity index (χ4v) is 2.72. The molecule has 136 valence electrons. The van der Waals surface area contributed by atoms with E-state index in [1.165, 1.54) is 6.07 Å². The molecule has 1 amide bonds. The molecule has 0 bridgehead atoms. The average Bonchev–Trinajstić information content (AvgIpc) is 3.46. The van der Waals surface area contributed by atoms with Crippen molar-refractivity contribution in [2.45, 2.75) is 25.3 Å². The van der Waals surface area contributed by atoms with Crippen LogP contribution >= 0.6 is 0 Å². The molecular weight excluding hydrogens is 334 g/mol. The van der Waals surface area contributed by atoms with Crippen LogP contribution in [0.3, 0.4) is 0 Å². The Morgan fingerprint density at radius 2 is 2.04 bits per heavy atom. The molecule has 0 atom stereocenters. The van der Waals surface area contributed by atoms with Crippen LogP contribution in [0.25, 0.3) is 0 Å². The lowest BCUT2D eigenvalue weighted by Gasteiger charge is -2.10. The van der Waals surface area contributed by atoms with E-state index in [4.69, 9.17) is 4.74 Å². The Labute approximate surface area is 151 Å². The average molecular weight is 355 g/mol. The quantitative estimate of drug-likeness (QED) is 0.560. The molecule has 3 rings (SSSR count). The van der Waals surface area contributed by atoms with E-state index in [0.717, 1.165) is 24.2 Å². The first-order chi connectivity index (χ1) is 12.6. The number of carbonyl (C=O) groups is 1. The normalized spacial score (nSPS) is 13.1. The second-order valence-corrected chi connectivity index (χ2v) is 6.23. The van der Waals surface area contributed by atoms with Crippen molar-refractivity contribution in [3.8, 4) is 5.75 Å². The molecule has 0 heterocycles. The Balaban J connectivity index is 1.63. The molecule has 1 aliphatic rings. The summed E-state index contributed by atoms with van der Waals surface area (Å²) in [6.07, 6.45) is 2.64. The van der Waals surface area contributed by atoms with E-state index in [9.17, 15) is 14.9 Å². The van der Waals surface area contributed by atoms with Crippen LogP contribution in [-0.2, 0) is 6.42 Å². The van der Waals surface area contributed by atoms with E-state index in [1.807, 2.05) is 24.3 Å². The van der Waals surface area contributed by atoms with Crippen molar-refractivity contribution in [1.82, 2.24) is 5.32 Å². The Bertz CT molecular complexity index is 818. The molecule has 1 aliphatic carbocycles. The fraction of sp³-hybridized carbons (Fsp3) is 0.316. The summed E-state index contributed by atoms with van der Waals surface area (Å²) in [5, 5.41) is 17.2. The van der Waals surface area contributed by atoms with Gasteiger partial charge >= 0.3 is 0 Å². The van der Waals surface area contributed by atoms with Gasteiger partial charge in [-0.05, 0) is 43.0 Å². The second-order valence-electron chi connectivity index (χ2n) is 6.23. The third kappa shape index (κ3) is 4.30. The number of nitro groups is 1. The summed E-state index contributed by atoms with van der Waals surface area (Å²) in [4.78, 5) is 23.2. The predicted molar refractivity (Wildman–Crippen MR) is 98.8 cm³/mol. The van der Waals surface area contributed by atoms with Crippen LogP contribution in [0.15, 0.2) is 42.5 Å². The van der Waals surface area contributed by atoms with Gasteiger partial charge in [0.1, 0.15) is 11.4 Å². The van der Waals surface area contributed by atoms with Gasteiger partial charge in [-0.1, -0.05) is 18.2 Å². The molecular formula is C19H21N3O4. The zero-order valence-electron chi connectivity index (χ0n) is 14.5. The molecule has 0 spiro atoms. The van der Waals surface area contributed by atoms with Crippen LogP contribution in [0, 0.1) is 10.1 Å². The SMILES string of the molecule is COc1ccccc1CCNC(=O)c1ccc(NC2CC2)c([N+](=O)[O-])c1. The number of anilines is 1. The number of benzene rings is 2. The third-order valence-corrected chi connectivity index (χ3v) is 4.27. The summed E-state index contributed by atoms with van der Waals surface area (Å²) in [6.45, 7) is 0.412. The van der Waals surface area contributed by atoms with Crippen molar-refractivity contribution in [1.29, 1.82) is 0 Å². The molecule has 0 aliphatic heterocycles. The van der Waals surface area contributed by atoms with Gasteiger partial charge in [0, 0.05) is 24.2 Å². The van der Waals surface area contributed by atoms with E-state index >= 15 is 0 Å². The van der Waals surface area contributed by atoms with Gasteiger partial charge in [0.25, 0.3) is 11.6 Å². The minimum absolute atomic E-state index is 0.0747. The summed E-state index contributed by atoms with van der Waals surface area (Å²) >= 11 is 0. The van der Waals surface area contributed by atoms with Gasteiger partial charge in [-0.2, -0.15) is 0 Å². The maximum atomic E-state index is 12.3. The lowest BCUT2D eigenvalue weighted by molar-refractivity contribution is -0.384. The number of hydrogen-bond donors (Lipinski definition) is 2. The number of para-hydroxylation sites is 1. The van der Waals surface area contributed by atoms with Crippen LogP contribution in [0.1, 0.15) is 28.8 Å². The second kappa shape index (κ2) is 7.86. The van der Waals surface area contributed by atoms with Gasteiger partial charge in [-0.3, -0.25) is 14.9 Å². The molecule has 0 aromatic heterocycles. The van der Waals surface area contributed by atoms with Crippen molar-refractivity contribution in [2.24, 2.45) is 0 Å². The zero-order chi connectivity index (χ0) is 18.5. The first kappa shape index (κ1) is 17.7. The van der Waals surface area contributed by atoms with Crippen molar-refractivity contribution in [2.75, 3.05) is 19.0 Å². The molecule has 7 heteroatoms. The number of hydrogen-bond acceptors (Lipinski definition) is 5. The summed E-state index contributed by atoms with van der Waals surface area (Å²) in [5.41, 5.74) is 1.65. The largest absolute Gasteiger partial charge is 0.496 e. The highest BCUT2D eigenvalue weighted by Crippen LogP contribution is 2.31. The minimum Gasteiger partial charge on any atom is -0.496 e. The highest BCUT2D eigenvalue weighted by atomic mass is 16.6. The minimum atomic E-state index is -0.462. The summed E-state index contributed by atoms with van der Waals surface area (Å²) in [7, 11) is 1.60. The first-order valence-corrected chi connectivity index (χ1v) is 8.53. The van der Waals surface area contributed by atoms with Crippen LogP contribution < -0.4 is 15.4 Å². The van der Waals surface area contributed by atoms with Crippen molar-refractivity contribution < 1.29 is 14.5 Å². The molecule has 26 heavy (non-hydrogen) atoms. The number of ether oxygens (including phenoxy) is 1. The monoisotopic (exact) mass is 355 g/mol. The highest BCUT2D eigenvalue weighted by Gasteiger charge is 2.25. The Morgan fingerprint density at radius 1 is 1.27 bits per heavy atom. The van der Waals surface area contributed by atoms with Gasteiger partial charge in [0.2, 0.25) is 0 Å². The van der Waals surface area contributed by atoms with Crippen LogP contribution in [0.4, 0.5) is 11.4 Å². The molecule has 0 saturated heterocycles. The Kier molecular flexibility index (Phi) is 5.36. The van der Waals surface area contributed by atoms with E-state index in [1.54, 1.807) is 19.2 Å². The lowest BCUT2D eigenvalue weighted by Crippen LogP contribution is -2.26. The maximum Gasteiger partial charge on any atom is 0.293 e. The zero-order valence-corrected chi connectivity index (χ0v) is 14.5. The number of methoxy groups -OCH3 is 1. The van der Waals surface area contributed by atoms with Gasteiger partial charge < -0.3 is 15.4 Å². The number of amides is 1. The molecule has 0 unspecified atom stereocenters. The van der Waals surface area contributed by atoms with Crippen LogP contribution in [-0.4, -0.2) is 30.5 Å². The molecule has 2 aromatic rings. The molecule has 1 saturated carbocycles. The topological polar surface area (TPSA) is 93.5 Å². The van der Waals surface area contributed by atoms with Crippen LogP contribution in [0.5, 0.6) is 5.75 Å². The van der Waals surface area contributed by atoms with Crippen molar-refractivity contribution >= 4 is 17.3 Å². The van der Waals surface area contributed by atoms with Crippen LogP contribution in [0.2, 0.25) is 0 Å². The Hall–Kier alpha value is -3.09. The summed E-state index contributed by atoms with van der Waals surface area (Å²) < 4.78 is 5.28. The highest BCUT2D eigenvalue weighted by molar-refractivity contribution is 5.95. The summed E-state index contributed by atoms with van der Waals surface area (Å²) in [5.74, 6) is 0.439. The fourth-order valence-electron chi connectivity index (χ4n) is 2.72. The van der Waals surface area contributed by atoms with Crippen molar-refractivity contribution in [3.63, 3.8) is 0 Å². The smallest absolute Gasteiger partial charge is 0.293 e. The number of rotatable bonds is 8. The number of nitrogens with zero attached hydrogens (tertiary/aromatic N) is 1. The molecule has 2 aromatic carbocycles. The van der Waals surface area contributed by atoms with Gasteiger partial charge in [0.05, 0.1) is 12.0 Å². The molecule has 1 fully saturated rings.